The van der Waals surface area contributed by atoms with Crippen molar-refractivity contribution < 1.29 is 9.53 Å². The SMILES string of the molecule is CN(C)CCNc1cccc(-c2nc3c(OC(N)=O)cccc3[nH]2)c1. The summed E-state index contributed by atoms with van der Waals surface area (Å²) in [6.07, 6.45) is -0.857. The minimum atomic E-state index is -0.857. The molecule has 4 N–H and O–H groups in total. The molecule has 3 aromatic rings. The number of nitrogens with zero attached hydrogens (tertiary/aromatic N) is 2. The number of carbonyl (C=O) groups is 1. The van der Waals surface area contributed by atoms with Gasteiger partial charge in [0, 0.05) is 24.3 Å². The van der Waals surface area contributed by atoms with E-state index in [1.165, 1.54) is 0 Å². The van der Waals surface area contributed by atoms with Gasteiger partial charge in [-0.1, -0.05) is 18.2 Å². The number of hydrogen-bond acceptors (Lipinski definition) is 5. The van der Waals surface area contributed by atoms with Gasteiger partial charge in [-0.2, -0.15) is 0 Å². The summed E-state index contributed by atoms with van der Waals surface area (Å²) in [5.41, 5.74) is 8.42. The van der Waals surface area contributed by atoms with Crippen LogP contribution in [0.1, 0.15) is 0 Å². The van der Waals surface area contributed by atoms with E-state index in [0.717, 1.165) is 29.9 Å². The van der Waals surface area contributed by atoms with E-state index in [0.29, 0.717) is 17.1 Å². The molecule has 0 radical (unpaired) electrons. The van der Waals surface area contributed by atoms with Crippen LogP contribution in [0.4, 0.5) is 10.5 Å². The molecular weight excluding hydrogens is 318 g/mol. The summed E-state index contributed by atoms with van der Waals surface area (Å²) in [5.74, 6) is 1.04. The number of nitrogens with one attached hydrogen (secondary N) is 2. The molecule has 0 aliphatic rings. The number of carbonyl (C=O) groups excluding carboxylic acids is 1. The number of amides is 1. The number of rotatable bonds is 6. The van der Waals surface area contributed by atoms with Crippen LogP contribution in [0.5, 0.6) is 5.75 Å². The molecular formula is C18H21N5O2. The second-order valence-corrected chi connectivity index (χ2v) is 5.97. The van der Waals surface area contributed by atoms with E-state index in [9.17, 15) is 4.79 Å². The lowest BCUT2D eigenvalue weighted by Gasteiger charge is -2.11. The molecule has 0 saturated heterocycles. The van der Waals surface area contributed by atoms with Gasteiger partial charge in [-0.15, -0.1) is 0 Å². The van der Waals surface area contributed by atoms with Crippen LogP contribution in [-0.2, 0) is 0 Å². The van der Waals surface area contributed by atoms with Crippen molar-refractivity contribution in [3.63, 3.8) is 0 Å². The van der Waals surface area contributed by atoms with Crippen molar-refractivity contribution in [2.24, 2.45) is 5.73 Å². The van der Waals surface area contributed by atoms with Crippen LogP contribution < -0.4 is 15.8 Å². The van der Waals surface area contributed by atoms with Crippen molar-refractivity contribution in [2.45, 2.75) is 0 Å². The second kappa shape index (κ2) is 7.23. The van der Waals surface area contributed by atoms with Crippen LogP contribution in [0, 0.1) is 0 Å². The Hall–Kier alpha value is -3.06. The van der Waals surface area contributed by atoms with E-state index in [2.05, 4.69) is 20.2 Å². The van der Waals surface area contributed by atoms with Gasteiger partial charge in [0.1, 0.15) is 11.3 Å². The lowest BCUT2D eigenvalue weighted by atomic mass is 10.2. The molecule has 1 aromatic heterocycles. The zero-order chi connectivity index (χ0) is 17.8. The number of imidazole rings is 1. The van der Waals surface area contributed by atoms with Gasteiger partial charge < -0.3 is 25.7 Å². The number of likely N-dealkylation sites (N-methyl/N-ethyl adjacent to an activating group) is 1. The van der Waals surface area contributed by atoms with E-state index >= 15 is 0 Å². The summed E-state index contributed by atoms with van der Waals surface area (Å²) in [4.78, 5) is 21.0. The first-order valence-electron chi connectivity index (χ1n) is 7.98. The van der Waals surface area contributed by atoms with Gasteiger partial charge >= 0.3 is 6.09 Å². The number of hydrogen-bond donors (Lipinski definition) is 3. The van der Waals surface area contributed by atoms with Crippen molar-refractivity contribution in [1.29, 1.82) is 0 Å². The highest BCUT2D eigenvalue weighted by atomic mass is 16.5. The first-order valence-corrected chi connectivity index (χ1v) is 7.98. The van der Waals surface area contributed by atoms with Gasteiger partial charge in [-0.3, -0.25) is 0 Å². The Morgan fingerprint density at radius 2 is 2.08 bits per heavy atom. The highest BCUT2D eigenvalue weighted by Gasteiger charge is 2.11. The molecule has 0 aliphatic heterocycles. The van der Waals surface area contributed by atoms with Gasteiger partial charge in [0.25, 0.3) is 0 Å². The van der Waals surface area contributed by atoms with Gasteiger partial charge in [-0.05, 0) is 38.4 Å². The smallest absolute Gasteiger partial charge is 0.408 e. The number of ether oxygens (including phenoxy) is 1. The maximum Gasteiger partial charge on any atom is 0.410 e. The minimum Gasteiger partial charge on any atom is -0.408 e. The molecule has 0 fully saturated rings. The maximum atomic E-state index is 11.0. The van der Waals surface area contributed by atoms with Crippen molar-refractivity contribution in [3.05, 3.63) is 42.5 Å². The number of aromatic nitrogens is 2. The predicted molar refractivity (Wildman–Crippen MR) is 98.8 cm³/mol. The largest absolute Gasteiger partial charge is 0.410 e. The van der Waals surface area contributed by atoms with Gasteiger partial charge in [0.15, 0.2) is 5.75 Å². The first kappa shape index (κ1) is 16.8. The fourth-order valence-electron chi connectivity index (χ4n) is 2.53. The molecule has 0 aliphatic carbocycles. The summed E-state index contributed by atoms with van der Waals surface area (Å²) in [5, 5.41) is 3.39. The van der Waals surface area contributed by atoms with E-state index in [1.54, 1.807) is 12.1 Å². The van der Waals surface area contributed by atoms with Crippen LogP contribution in [0.15, 0.2) is 42.5 Å². The van der Waals surface area contributed by atoms with Gasteiger partial charge in [-0.25, -0.2) is 9.78 Å². The monoisotopic (exact) mass is 339 g/mol. The topological polar surface area (TPSA) is 96.3 Å². The summed E-state index contributed by atoms with van der Waals surface area (Å²) in [7, 11) is 4.08. The quantitative estimate of drug-likeness (QED) is 0.641. The van der Waals surface area contributed by atoms with Crippen molar-refractivity contribution in [3.8, 4) is 17.1 Å². The lowest BCUT2D eigenvalue weighted by molar-refractivity contribution is 0.211. The Morgan fingerprint density at radius 1 is 1.28 bits per heavy atom. The molecule has 7 nitrogen and oxygen atoms in total. The zero-order valence-electron chi connectivity index (χ0n) is 14.2. The molecule has 1 amide bonds. The fourth-order valence-corrected chi connectivity index (χ4v) is 2.53. The van der Waals surface area contributed by atoms with Gasteiger partial charge in [0.05, 0.1) is 5.52 Å². The Balaban J connectivity index is 1.87. The van der Waals surface area contributed by atoms with E-state index in [-0.39, 0.29) is 0 Å². The number of fused-ring (bicyclic) bond motifs is 1. The van der Waals surface area contributed by atoms with Crippen molar-refractivity contribution in [2.75, 3.05) is 32.5 Å². The Morgan fingerprint density at radius 3 is 2.84 bits per heavy atom. The molecule has 0 spiro atoms. The summed E-state index contributed by atoms with van der Waals surface area (Å²) >= 11 is 0. The van der Waals surface area contributed by atoms with E-state index in [4.69, 9.17) is 10.5 Å². The van der Waals surface area contributed by atoms with E-state index < -0.39 is 6.09 Å². The molecule has 0 saturated carbocycles. The molecule has 0 atom stereocenters. The average molecular weight is 339 g/mol. The molecule has 3 rings (SSSR count). The highest BCUT2D eigenvalue weighted by Crippen LogP contribution is 2.28. The number of nitrogens with two attached hydrogens (primary N) is 1. The summed E-state index contributed by atoms with van der Waals surface area (Å²) < 4.78 is 5.02. The second-order valence-electron chi connectivity index (χ2n) is 5.97. The lowest BCUT2D eigenvalue weighted by Crippen LogP contribution is -2.20. The molecule has 1 heterocycles. The number of anilines is 1. The van der Waals surface area contributed by atoms with Crippen LogP contribution >= 0.6 is 0 Å². The van der Waals surface area contributed by atoms with Crippen molar-refractivity contribution >= 4 is 22.8 Å². The maximum absolute atomic E-state index is 11.0. The van der Waals surface area contributed by atoms with Crippen molar-refractivity contribution in [1.82, 2.24) is 14.9 Å². The zero-order valence-corrected chi connectivity index (χ0v) is 14.2. The summed E-state index contributed by atoms with van der Waals surface area (Å²) in [6.45, 7) is 1.80. The third kappa shape index (κ3) is 4.07. The van der Waals surface area contributed by atoms with Crippen LogP contribution in [0.2, 0.25) is 0 Å². The normalized spacial score (nSPS) is 11.0. The third-order valence-corrected chi connectivity index (χ3v) is 3.71. The van der Waals surface area contributed by atoms with Gasteiger partial charge in [0.2, 0.25) is 0 Å². The van der Waals surface area contributed by atoms with Crippen LogP contribution in [0.3, 0.4) is 0 Å². The predicted octanol–water partition coefficient (Wildman–Crippen LogP) is 2.66. The average Bonchev–Trinajstić information content (AvgIpc) is 3.00. The highest BCUT2D eigenvalue weighted by molar-refractivity contribution is 5.87. The van der Waals surface area contributed by atoms with Crippen LogP contribution in [-0.4, -0.2) is 48.1 Å². The first-order chi connectivity index (χ1) is 12.0. The van der Waals surface area contributed by atoms with E-state index in [1.807, 2.05) is 44.4 Å². The Bertz CT molecular complexity index is 888. The molecule has 0 unspecified atom stereocenters. The molecule has 0 bridgehead atoms. The number of para-hydroxylation sites is 1. The standard InChI is InChI=1S/C18H21N5O2/c1-23(2)10-9-20-13-6-3-5-12(11-13)17-21-14-7-4-8-15(16(14)22-17)25-18(19)24/h3-8,11,20H,9-10H2,1-2H3,(H2,19,24)(H,21,22). The Kier molecular flexibility index (Phi) is 4.85. The number of aromatic amines is 1. The number of benzene rings is 2. The molecule has 25 heavy (non-hydrogen) atoms. The molecule has 130 valence electrons. The summed E-state index contributed by atoms with van der Waals surface area (Å²) in [6, 6.07) is 13.3. The number of primary amides is 1. The fraction of sp³-hybridized carbons (Fsp3) is 0.222. The third-order valence-electron chi connectivity index (χ3n) is 3.71. The Labute approximate surface area is 145 Å². The number of H-pyrrole nitrogens is 1. The molecule has 7 heteroatoms. The minimum absolute atomic E-state index is 0.341. The molecule has 2 aromatic carbocycles. The van der Waals surface area contributed by atoms with Crippen LogP contribution in [0.25, 0.3) is 22.4 Å².